The van der Waals surface area contributed by atoms with Crippen molar-refractivity contribution in [1.82, 2.24) is 0 Å². The summed E-state index contributed by atoms with van der Waals surface area (Å²) >= 11 is 0. The van der Waals surface area contributed by atoms with Crippen molar-refractivity contribution in [2.75, 3.05) is 0 Å². The molecule has 0 aliphatic heterocycles. The second kappa shape index (κ2) is 3.62. The SMILES string of the molecule is Cc1ccc(-c2ccc(C#N)o2)c(C)c1. The van der Waals surface area contributed by atoms with E-state index in [9.17, 15) is 0 Å². The Bertz CT molecular complexity index is 532. The summed E-state index contributed by atoms with van der Waals surface area (Å²) in [6.07, 6.45) is 0. The first-order valence-corrected chi connectivity index (χ1v) is 4.78. The van der Waals surface area contributed by atoms with Crippen LogP contribution in [0.4, 0.5) is 0 Å². The van der Waals surface area contributed by atoms with Gasteiger partial charge in [-0.1, -0.05) is 23.8 Å². The fourth-order valence-corrected chi connectivity index (χ4v) is 1.63. The molecule has 2 aromatic rings. The molecule has 0 aliphatic carbocycles. The Morgan fingerprint density at radius 2 is 1.93 bits per heavy atom. The van der Waals surface area contributed by atoms with Gasteiger partial charge in [0.2, 0.25) is 5.76 Å². The fourth-order valence-electron chi connectivity index (χ4n) is 1.63. The summed E-state index contributed by atoms with van der Waals surface area (Å²) in [5.74, 6) is 1.11. The largest absolute Gasteiger partial charge is 0.446 e. The standard InChI is InChI=1S/C13H11NO/c1-9-3-5-12(10(2)7-9)13-6-4-11(8-14)15-13/h3-7H,1-2H3. The van der Waals surface area contributed by atoms with E-state index < -0.39 is 0 Å². The molecule has 15 heavy (non-hydrogen) atoms. The van der Waals surface area contributed by atoms with Gasteiger partial charge in [0.25, 0.3) is 0 Å². The zero-order chi connectivity index (χ0) is 10.8. The number of nitriles is 1. The molecule has 0 saturated heterocycles. The van der Waals surface area contributed by atoms with E-state index in [4.69, 9.17) is 9.68 Å². The Labute approximate surface area is 88.8 Å². The van der Waals surface area contributed by atoms with Gasteiger partial charge in [0.15, 0.2) is 0 Å². The van der Waals surface area contributed by atoms with E-state index in [-0.39, 0.29) is 0 Å². The summed E-state index contributed by atoms with van der Waals surface area (Å²) in [6, 6.07) is 11.7. The minimum atomic E-state index is 0.352. The van der Waals surface area contributed by atoms with Crippen molar-refractivity contribution in [3.05, 3.63) is 47.2 Å². The van der Waals surface area contributed by atoms with E-state index in [0.29, 0.717) is 5.76 Å². The number of aryl methyl sites for hydroxylation is 2. The van der Waals surface area contributed by atoms with Gasteiger partial charge in [-0.05, 0) is 31.5 Å². The maximum Gasteiger partial charge on any atom is 0.204 e. The van der Waals surface area contributed by atoms with E-state index in [1.807, 2.05) is 31.2 Å². The zero-order valence-electron chi connectivity index (χ0n) is 8.74. The van der Waals surface area contributed by atoms with E-state index in [1.54, 1.807) is 6.07 Å². The van der Waals surface area contributed by atoms with Gasteiger partial charge >= 0.3 is 0 Å². The molecule has 0 atom stereocenters. The highest BCUT2D eigenvalue weighted by atomic mass is 16.3. The topological polar surface area (TPSA) is 36.9 Å². The van der Waals surface area contributed by atoms with E-state index >= 15 is 0 Å². The average molecular weight is 197 g/mol. The maximum atomic E-state index is 8.67. The van der Waals surface area contributed by atoms with Crippen molar-refractivity contribution in [1.29, 1.82) is 5.26 Å². The van der Waals surface area contributed by atoms with Crippen LogP contribution in [0.2, 0.25) is 0 Å². The van der Waals surface area contributed by atoms with Gasteiger partial charge in [-0.2, -0.15) is 5.26 Å². The molecule has 2 rings (SSSR count). The number of rotatable bonds is 1. The van der Waals surface area contributed by atoms with Crippen molar-refractivity contribution in [2.45, 2.75) is 13.8 Å². The van der Waals surface area contributed by atoms with Gasteiger partial charge in [0.1, 0.15) is 11.8 Å². The minimum Gasteiger partial charge on any atom is -0.446 e. The summed E-state index contributed by atoms with van der Waals surface area (Å²) < 4.78 is 5.38. The predicted octanol–water partition coefficient (Wildman–Crippen LogP) is 3.44. The quantitative estimate of drug-likeness (QED) is 0.702. The van der Waals surface area contributed by atoms with Crippen LogP contribution in [0.1, 0.15) is 16.9 Å². The molecule has 0 bridgehead atoms. The van der Waals surface area contributed by atoms with Gasteiger partial charge in [0.05, 0.1) is 0 Å². The van der Waals surface area contributed by atoms with Crippen LogP contribution in [0.15, 0.2) is 34.7 Å². The summed E-state index contributed by atoms with van der Waals surface area (Å²) in [5, 5.41) is 8.67. The molecule has 1 heterocycles. The molecule has 0 amide bonds. The molecular formula is C13H11NO. The Hall–Kier alpha value is -2.01. The van der Waals surface area contributed by atoms with Gasteiger partial charge in [-0.15, -0.1) is 0 Å². The predicted molar refractivity (Wildman–Crippen MR) is 58.3 cm³/mol. The highest BCUT2D eigenvalue weighted by molar-refractivity contribution is 5.63. The Balaban J connectivity index is 2.50. The summed E-state index contributed by atoms with van der Waals surface area (Å²) in [4.78, 5) is 0. The Morgan fingerprint density at radius 3 is 2.53 bits per heavy atom. The molecule has 1 aromatic heterocycles. The first kappa shape index (κ1) is 9.54. The monoisotopic (exact) mass is 197 g/mol. The van der Waals surface area contributed by atoms with Crippen molar-refractivity contribution in [2.24, 2.45) is 0 Å². The van der Waals surface area contributed by atoms with Crippen LogP contribution < -0.4 is 0 Å². The summed E-state index contributed by atoms with van der Waals surface area (Å²) in [7, 11) is 0. The Kier molecular flexibility index (Phi) is 2.31. The zero-order valence-corrected chi connectivity index (χ0v) is 8.74. The number of furan rings is 1. The van der Waals surface area contributed by atoms with Crippen LogP contribution in [-0.4, -0.2) is 0 Å². The lowest BCUT2D eigenvalue weighted by Crippen LogP contribution is -1.82. The number of hydrogen-bond acceptors (Lipinski definition) is 2. The Morgan fingerprint density at radius 1 is 1.13 bits per heavy atom. The van der Waals surface area contributed by atoms with Crippen molar-refractivity contribution in [3.63, 3.8) is 0 Å². The average Bonchev–Trinajstić information content (AvgIpc) is 2.66. The lowest BCUT2D eigenvalue weighted by Gasteiger charge is -2.03. The van der Waals surface area contributed by atoms with Crippen LogP contribution >= 0.6 is 0 Å². The molecule has 0 aliphatic rings. The third-order valence-electron chi connectivity index (χ3n) is 2.36. The van der Waals surface area contributed by atoms with Crippen LogP contribution in [-0.2, 0) is 0 Å². The second-order valence-electron chi connectivity index (χ2n) is 3.59. The van der Waals surface area contributed by atoms with Crippen LogP contribution in [0.5, 0.6) is 0 Å². The fraction of sp³-hybridized carbons (Fsp3) is 0.154. The van der Waals surface area contributed by atoms with Gasteiger partial charge in [0, 0.05) is 5.56 Å². The lowest BCUT2D eigenvalue weighted by atomic mass is 10.0. The summed E-state index contributed by atoms with van der Waals surface area (Å²) in [5.41, 5.74) is 3.43. The van der Waals surface area contributed by atoms with Gasteiger partial charge in [-0.25, -0.2) is 0 Å². The van der Waals surface area contributed by atoms with Crippen molar-refractivity contribution in [3.8, 4) is 17.4 Å². The summed E-state index contributed by atoms with van der Waals surface area (Å²) in [6.45, 7) is 4.09. The van der Waals surface area contributed by atoms with Crippen LogP contribution in [0.3, 0.4) is 0 Å². The number of nitrogens with zero attached hydrogens (tertiary/aromatic N) is 1. The maximum absolute atomic E-state index is 8.67. The molecule has 0 saturated carbocycles. The molecule has 0 N–H and O–H groups in total. The molecule has 0 radical (unpaired) electrons. The van der Waals surface area contributed by atoms with Crippen LogP contribution in [0.25, 0.3) is 11.3 Å². The normalized spacial score (nSPS) is 9.93. The molecule has 1 aromatic carbocycles. The molecule has 0 unspecified atom stereocenters. The first-order valence-electron chi connectivity index (χ1n) is 4.78. The lowest BCUT2D eigenvalue weighted by molar-refractivity contribution is 0.567. The highest BCUT2D eigenvalue weighted by Crippen LogP contribution is 2.25. The molecule has 74 valence electrons. The number of hydrogen-bond donors (Lipinski definition) is 0. The molecule has 2 heteroatoms. The minimum absolute atomic E-state index is 0.352. The van der Waals surface area contributed by atoms with Crippen molar-refractivity contribution < 1.29 is 4.42 Å². The molecular weight excluding hydrogens is 186 g/mol. The van der Waals surface area contributed by atoms with E-state index in [2.05, 4.69) is 13.0 Å². The van der Waals surface area contributed by atoms with Gasteiger partial charge in [-0.3, -0.25) is 0 Å². The highest BCUT2D eigenvalue weighted by Gasteiger charge is 2.06. The van der Waals surface area contributed by atoms with Crippen molar-refractivity contribution >= 4 is 0 Å². The third kappa shape index (κ3) is 1.77. The van der Waals surface area contributed by atoms with E-state index in [0.717, 1.165) is 16.9 Å². The number of benzene rings is 1. The van der Waals surface area contributed by atoms with Gasteiger partial charge < -0.3 is 4.42 Å². The molecule has 0 spiro atoms. The molecule has 2 nitrogen and oxygen atoms in total. The van der Waals surface area contributed by atoms with E-state index in [1.165, 1.54) is 5.56 Å². The second-order valence-corrected chi connectivity index (χ2v) is 3.59. The third-order valence-corrected chi connectivity index (χ3v) is 2.36. The first-order chi connectivity index (χ1) is 7.20. The smallest absolute Gasteiger partial charge is 0.204 e. The molecule has 0 fully saturated rings. The van der Waals surface area contributed by atoms with Crippen LogP contribution in [0, 0.1) is 25.2 Å².